The summed E-state index contributed by atoms with van der Waals surface area (Å²) in [7, 11) is 0. The van der Waals surface area contributed by atoms with Gasteiger partial charge in [-0.05, 0) is 49.9 Å². The second kappa shape index (κ2) is 12.9. The molecule has 0 unspecified atom stereocenters. The number of ketones is 2. The predicted octanol–water partition coefficient (Wildman–Crippen LogP) is 1.86. The average molecular weight is 421 g/mol. The molecular weight excluding hydrogens is 388 g/mol. The van der Waals surface area contributed by atoms with Crippen molar-refractivity contribution in [3.63, 3.8) is 0 Å². The van der Waals surface area contributed by atoms with Crippen molar-refractivity contribution in [2.24, 2.45) is 5.92 Å². The van der Waals surface area contributed by atoms with Gasteiger partial charge in [-0.3, -0.25) is 14.4 Å². The van der Waals surface area contributed by atoms with Gasteiger partial charge < -0.3 is 25.6 Å². The summed E-state index contributed by atoms with van der Waals surface area (Å²) in [6, 6.07) is 4.12. The van der Waals surface area contributed by atoms with Gasteiger partial charge in [0.2, 0.25) is 11.8 Å². The lowest BCUT2D eigenvalue weighted by atomic mass is 9.99. The van der Waals surface area contributed by atoms with Crippen LogP contribution in [-0.4, -0.2) is 39.6 Å². The molecule has 1 rings (SSSR count). The first-order chi connectivity index (χ1) is 14.2. The summed E-state index contributed by atoms with van der Waals surface area (Å²) >= 11 is 0. The second-order valence-corrected chi connectivity index (χ2v) is 7.61. The molecule has 1 aromatic carbocycles. The van der Waals surface area contributed by atoms with E-state index < -0.39 is 12.0 Å². The summed E-state index contributed by atoms with van der Waals surface area (Å²) in [5.41, 5.74) is 1.54. The molecule has 8 nitrogen and oxygen atoms in total. The van der Waals surface area contributed by atoms with Gasteiger partial charge in [0.25, 0.3) is 0 Å². The van der Waals surface area contributed by atoms with Crippen molar-refractivity contribution in [3.8, 4) is 0 Å². The third-order valence-electron chi connectivity index (χ3n) is 4.68. The molecule has 0 heterocycles. The van der Waals surface area contributed by atoms with E-state index in [9.17, 15) is 29.4 Å². The lowest BCUT2D eigenvalue weighted by Gasteiger charge is -2.17. The highest BCUT2D eigenvalue weighted by atomic mass is 16.3. The molecule has 0 radical (unpaired) electrons. The van der Waals surface area contributed by atoms with E-state index in [0.29, 0.717) is 36.1 Å². The predicted molar refractivity (Wildman–Crippen MR) is 112 cm³/mol. The van der Waals surface area contributed by atoms with Crippen molar-refractivity contribution in [1.82, 2.24) is 5.32 Å². The Morgan fingerprint density at radius 3 is 2.03 bits per heavy atom. The minimum Gasteiger partial charge on any atom is -0.392 e. The van der Waals surface area contributed by atoms with E-state index in [1.165, 1.54) is 6.92 Å². The minimum absolute atomic E-state index is 0.0375. The first-order valence-electron chi connectivity index (χ1n) is 10.1. The number of unbranched alkanes of at least 4 members (excludes halogenated alkanes) is 1. The van der Waals surface area contributed by atoms with Gasteiger partial charge in [0, 0.05) is 30.9 Å². The molecule has 0 aliphatic carbocycles. The zero-order chi connectivity index (χ0) is 22.7. The van der Waals surface area contributed by atoms with Crippen molar-refractivity contribution >= 4 is 29.1 Å². The fourth-order valence-electron chi connectivity index (χ4n) is 2.91. The quantitative estimate of drug-likeness (QED) is 0.360. The van der Waals surface area contributed by atoms with Crippen LogP contribution in [0.15, 0.2) is 18.2 Å². The molecule has 0 aliphatic rings. The van der Waals surface area contributed by atoms with Crippen LogP contribution in [0.25, 0.3) is 0 Å². The summed E-state index contributed by atoms with van der Waals surface area (Å²) in [6.45, 7) is 4.26. The lowest BCUT2D eigenvalue weighted by Crippen LogP contribution is -2.39. The highest BCUT2D eigenvalue weighted by Crippen LogP contribution is 2.17. The van der Waals surface area contributed by atoms with Crippen LogP contribution >= 0.6 is 0 Å². The number of nitrogens with one attached hydrogen (secondary N) is 2. The number of carbonyl (C=O) groups is 4. The van der Waals surface area contributed by atoms with Crippen molar-refractivity contribution in [2.75, 3.05) is 5.32 Å². The van der Waals surface area contributed by atoms with Gasteiger partial charge in [0.05, 0.1) is 19.3 Å². The van der Waals surface area contributed by atoms with Crippen LogP contribution in [-0.2, 0) is 32.4 Å². The Kier molecular flexibility index (Phi) is 10.9. The molecule has 0 spiro atoms. The molecule has 30 heavy (non-hydrogen) atoms. The Morgan fingerprint density at radius 1 is 0.933 bits per heavy atom. The summed E-state index contributed by atoms with van der Waals surface area (Å²) in [5.74, 6) is -1.42. The van der Waals surface area contributed by atoms with E-state index in [1.807, 2.05) is 0 Å². The first kappa shape index (κ1) is 25.5. The lowest BCUT2D eigenvalue weighted by molar-refractivity contribution is -0.129. The molecule has 4 N–H and O–H groups in total. The Morgan fingerprint density at radius 2 is 1.50 bits per heavy atom. The molecule has 0 bridgehead atoms. The molecule has 0 aliphatic heterocycles. The number of anilines is 1. The van der Waals surface area contributed by atoms with Crippen LogP contribution in [0, 0.1) is 5.92 Å². The molecule has 166 valence electrons. The fraction of sp³-hybridized carbons (Fsp3) is 0.545. The summed E-state index contributed by atoms with van der Waals surface area (Å²) in [4.78, 5) is 47.6. The number of carbonyl (C=O) groups excluding carboxylic acids is 4. The van der Waals surface area contributed by atoms with Gasteiger partial charge >= 0.3 is 0 Å². The molecule has 1 aromatic rings. The number of aliphatic hydroxyl groups is 2. The second-order valence-electron chi connectivity index (χ2n) is 7.61. The average Bonchev–Trinajstić information content (AvgIpc) is 2.70. The topological polar surface area (TPSA) is 133 Å². The fourth-order valence-corrected chi connectivity index (χ4v) is 2.91. The largest absolute Gasteiger partial charge is 0.392 e. The summed E-state index contributed by atoms with van der Waals surface area (Å²) < 4.78 is 0. The Bertz CT molecular complexity index is 740. The highest BCUT2D eigenvalue weighted by molar-refractivity contribution is 5.97. The molecule has 0 aromatic heterocycles. The molecule has 0 saturated carbocycles. The number of aliphatic hydroxyl groups excluding tert-OH is 2. The van der Waals surface area contributed by atoms with Crippen molar-refractivity contribution in [1.29, 1.82) is 0 Å². The maximum atomic E-state index is 12.4. The number of hydrogen-bond acceptors (Lipinski definition) is 6. The van der Waals surface area contributed by atoms with Crippen LogP contribution < -0.4 is 10.6 Å². The number of rotatable bonds is 13. The zero-order valence-electron chi connectivity index (χ0n) is 17.9. The monoisotopic (exact) mass is 420 g/mol. The SMILES string of the molecule is CC(=O)CCCCC(=O)N[C@@H](C)C(=O)C[C@@H](C)C(=O)Nc1cc(CO)cc(CO)c1. The molecule has 2 amide bonds. The molecular formula is C22H32N2O6. The Hall–Kier alpha value is -2.58. The van der Waals surface area contributed by atoms with E-state index in [4.69, 9.17) is 0 Å². The van der Waals surface area contributed by atoms with Gasteiger partial charge in [0.15, 0.2) is 5.78 Å². The van der Waals surface area contributed by atoms with Crippen LogP contribution in [0.2, 0.25) is 0 Å². The normalized spacial score (nSPS) is 12.7. The standard InChI is InChI=1S/C22H32N2O6/c1-14(22(30)24-19-10-17(12-25)9-18(11-19)13-26)8-20(28)16(3)23-21(29)7-5-4-6-15(2)27/h9-11,14,16,25-26H,4-8,12-13H2,1-3H3,(H,23,29)(H,24,30)/t14-,16+/m1/s1. The van der Waals surface area contributed by atoms with Gasteiger partial charge in [-0.1, -0.05) is 13.0 Å². The summed E-state index contributed by atoms with van der Waals surface area (Å²) in [5, 5.41) is 23.9. The third-order valence-corrected chi connectivity index (χ3v) is 4.68. The van der Waals surface area contributed by atoms with Gasteiger partial charge in [-0.15, -0.1) is 0 Å². The number of hydrogen-bond donors (Lipinski definition) is 4. The van der Waals surface area contributed by atoms with Gasteiger partial charge in [0.1, 0.15) is 5.78 Å². The first-order valence-corrected chi connectivity index (χ1v) is 10.1. The van der Waals surface area contributed by atoms with E-state index in [2.05, 4.69) is 10.6 Å². The number of benzene rings is 1. The van der Waals surface area contributed by atoms with E-state index in [-0.39, 0.29) is 49.4 Å². The van der Waals surface area contributed by atoms with Crippen LogP contribution in [0.4, 0.5) is 5.69 Å². The Balaban J connectivity index is 2.51. The van der Waals surface area contributed by atoms with Crippen LogP contribution in [0.5, 0.6) is 0 Å². The summed E-state index contributed by atoms with van der Waals surface area (Å²) in [6.07, 6.45) is 1.86. The highest BCUT2D eigenvalue weighted by Gasteiger charge is 2.22. The molecule has 8 heteroatoms. The zero-order valence-corrected chi connectivity index (χ0v) is 17.9. The number of amides is 2. The third kappa shape index (κ3) is 9.28. The molecule has 0 saturated heterocycles. The molecule has 2 atom stereocenters. The van der Waals surface area contributed by atoms with E-state index in [1.54, 1.807) is 32.0 Å². The van der Waals surface area contributed by atoms with Crippen LogP contribution in [0.1, 0.15) is 64.0 Å². The Labute approximate surface area is 177 Å². The van der Waals surface area contributed by atoms with Gasteiger partial charge in [-0.25, -0.2) is 0 Å². The van der Waals surface area contributed by atoms with E-state index in [0.717, 1.165) is 0 Å². The van der Waals surface area contributed by atoms with E-state index >= 15 is 0 Å². The van der Waals surface area contributed by atoms with Crippen molar-refractivity contribution < 1.29 is 29.4 Å². The van der Waals surface area contributed by atoms with Crippen LogP contribution in [0.3, 0.4) is 0 Å². The smallest absolute Gasteiger partial charge is 0.227 e. The van der Waals surface area contributed by atoms with Crippen molar-refractivity contribution in [3.05, 3.63) is 29.3 Å². The maximum absolute atomic E-state index is 12.4. The maximum Gasteiger partial charge on any atom is 0.227 e. The molecule has 0 fully saturated rings. The minimum atomic E-state index is -0.709. The van der Waals surface area contributed by atoms with Gasteiger partial charge in [-0.2, -0.15) is 0 Å². The van der Waals surface area contributed by atoms with Crippen molar-refractivity contribution in [2.45, 2.75) is 72.1 Å². The number of Topliss-reactive ketones (excluding diaryl/α,β-unsaturated/α-hetero) is 2.